The summed E-state index contributed by atoms with van der Waals surface area (Å²) in [6.07, 6.45) is 5.80. The van der Waals surface area contributed by atoms with Gasteiger partial charge in [0.05, 0.1) is 50.6 Å². The molecule has 3 heterocycles. The predicted molar refractivity (Wildman–Crippen MR) is 206 cm³/mol. The summed E-state index contributed by atoms with van der Waals surface area (Å²) in [5.41, 5.74) is 2.11. The Bertz CT molecular complexity index is 2120. The fourth-order valence-electron chi connectivity index (χ4n) is 7.22. The molecular weight excluding hydrogens is 703 g/mol. The zero-order valence-electron chi connectivity index (χ0n) is 31.3. The van der Waals surface area contributed by atoms with Crippen molar-refractivity contribution in [3.63, 3.8) is 0 Å². The Balaban J connectivity index is 1.40. The quantitative estimate of drug-likeness (QED) is 0.251. The Morgan fingerprint density at radius 2 is 1.69 bits per heavy atom. The molecule has 3 amide bonds. The third-order valence-electron chi connectivity index (χ3n) is 10.0. The Kier molecular flexibility index (Phi) is 12.5. The summed E-state index contributed by atoms with van der Waals surface area (Å²) in [5, 5.41) is 13.0. The highest BCUT2D eigenvalue weighted by Gasteiger charge is 2.29. The maximum absolute atomic E-state index is 15.4. The molecule has 0 saturated carbocycles. The number of rotatable bonds is 6. The van der Waals surface area contributed by atoms with Crippen LogP contribution in [0.3, 0.4) is 0 Å². The number of fused-ring (bicyclic) bond motifs is 5. The van der Waals surface area contributed by atoms with E-state index < -0.39 is 11.7 Å². The highest BCUT2D eigenvalue weighted by molar-refractivity contribution is 5.96. The number of piperidine rings is 1. The summed E-state index contributed by atoms with van der Waals surface area (Å²) in [6.45, 7) is 2.12. The minimum atomic E-state index is -0.793. The molecule has 55 heavy (non-hydrogen) atoms. The summed E-state index contributed by atoms with van der Waals surface area (Å²) in [6, 6.07) is 18.9. The van der Waals surface area contributed by atoms with E-state index in [0.717, 1.165) is 24.5 Å². The number of carbonyl (C=O) groups is 3. The second kappa shape index (κ2) is 17.8. The van der Waals surface area contributed by atoms with Gasteiger partial charge in [0.15, 0.2) is 11.5 Å². The van der Waals surface area contributed by atoms with Crippen molar-refractivity contribution in [1.29, 1.82) is 5.26 Å². The Hall–Kier alpha value is -6.16. The molecule has 1 unspecified atom stereocenters. The number of methoxy groups -OCH3 is 3. The number of pyridine rings is 1. The zero-order valence-corrected chi connectivity index (χ0v) is 31.3. The molecule has 13 heteroatoms. The van der Waals surface area contributed by atoms with E-state index >= 15 is 4.39 Å². The van der Waals surface area contributed by atoms with Crippen molar-refractivity contribution >= 4 is 40.5 Å². The molecule has 0 spiro atoms. The number of benzene rings is 3. The normalized spacial score (nSPS) is 17.0. The van der Waals surface area contributed by atoms with Crippen molar-refractivity contribution in [3.05, 3.63) is 94.8 Å². The number of hydrogen-bond acceptors (Lipinski definition) is 9. The molecular formula is C42H45FN6O6. The van der Waals surface area contributed by atoms with Gasteiger partial charge in [0.1, 0.15) is 11.6 Å². The molecule has 12 nitrogen and oxygen atoms in total. The zero-order chi connectivity index (χ0) is 38.9. The number of ether oxygens (including phenoxy) is 3. The molecule has 2 aliphatic rings. The van der Waals surface area contributed by atoms with E-state index in [0.29, 0.717) is 72.0 Å². The van der Waals surface area contributed by atoms with Gasteiger partial charge in [-0.2, -0.15) is 5.26 Å². The third kappa shape index (κ3) is 8.97. The summed E-state index contributed by atoms with van der Waals surface area (Å²) >= 11 is 0. The van der Waals surface area contributed by atoms with Crippen LogP contribution in [0, 0.1) is 23.1 Å². The molecule has 3 aromatic carbocycles. The van der Waals surface area contributed by atoms with Crippen LogP contribution >= 0.6 is 0 Å². The maximum Gasteiger partial charge on any atom is 0.257 e. The minimum absolute atomic E-state index is 0.0778. The summed E-state index contributed by atoms with van der Waals surface area (Å²) < 4.78 is 32.5. The highest BCUT2D eigenvalue weighted by atomic mass is 19.1. The molecule has 1 fully saturated rings. The van der Waals surface area contributed by atoms with Gasteiger partial charge in [0.2, 0.25) is 17.6 Å². The molecule has 1 saturated heterocycles. The van der Waals surface area contributed by atoms with Gasteiger partial charge in [-0.25, -0.2) is 9.37 Å². The van der Waals surface area contributed by atoms with Gasteiger partial charge < -0.3 is 34.2 Å². The summed E-state index contributed by atoms with van der Waals surface area (Å²) in [5.74, 6) is 0.103. The molecule has 1 aromatic heterocycles. The number of nitrogens with zero attached hydrogens (tertiary/aromatic N) is 5. The lowest BCUT2D eigenvalue weighted by molar-refractivity contribution is -0.132. The number of hydrogen-bond donors (Lipinski definition) is 1. The van der Waals surface area contributed by atoms with E-state index in [1.807, 2.05) is 42.5 Å². The van der Waals surface area contributed by atoms with Crippen LogP contribution < -0.4 is 24.4 Å². The monoisotopic (exact) mass is 748 g/mol. The lowest BCUT2D eigenvalue weighted by atomic mass is 9.97. The van der Waals surface area contributed by atoms with E-state index in [-0.39, 0.29) is 55.0 Å². The topological polar surface area (TPSA) is 137 Å². The van der Waals surface area contributed by atoms with Gasteiger partial charge in [-0.1, -0.05) is 30.3 Å². The van der Waals surface area contributed by atoms with Gasteiger partial charge >= 0.3 is 0 Å². The van der Waals surface area contributed by atoms with E-state index in [4.69, 9.17) is 19.2 Å². The fraction of sp³-hybridized carbons (Fsp3) is 0.357. The van der Waals surface area contributed by atoms with Crippen LogP contribution in [0.5, 0.6) is 17.2 Å². The Morgan fingerprint density at radius 3 is 2.40 bits per heavy atom. The molecule has 286 valence electrons. The molecule has 2 bridgehead atoms. The van der Waals surface area contributed by atoms with Crippen LogP contribution in [-0.2, 0) is 16.1 Å². The number of anilines is 1. The number of halogens is 1. The van der Waals surface area contributed by atoms with E-state index in [1.165, 1.54) is 37.3 Å². The molecule has 6 rings (SSSR count). The predicted octanol–water partition coefficient (Wildman–Crippen LogP) is 5.58. The first-order valence-electron chi connectivity index (χ1n) is 18.4. The maximum atomic E-state index is 15.4. The van der Waals surface area contributed by atoms with Crippen LogP contribution in [0.2, 0.25) is 0 Å². The van der Waals surface area contributed by atoms with Crippen molar-refractivity contribution < 1.29 is 33.0 Å². The van der Waals surface area contributed by atoms with Crippen molar-refractivity contribution in [1.82, 2.24) is 20.1 Å². The van der Waals surface area contributed by atoms with Crippen molar-refractivity contribution in [2.24, 2.45) is 5.92 Å². The lowest BCUT2D eigenvalue weighted by Gasteiger charge is -2.36. The molecule has 1 N–H and O–H groups in total. The average molecular weight is 749 g/mol. The number of nitriles is 1. The smallest absolute Gasteiger partial charge is 0.257 e. The number of nitrogens with one attached hydrogen (secondary N) is 1. The molecule has 2 aliphatic heterocycles. The molecule has 0 radical (unpaired) electrons. The minimum Gasteiger partial charge on any atom is -0.493 e. The van der Waals surface area contributed by atoms with Crippen LogP contribution in [0.4, 0.5) is 10.2 Å². The van der Waals surface area contributed by atoms with Crippen LogP contribution in [-0.4, -0.2) is 93.1 Å². The number of amides is 3. The second-order valence-corrected chi connectivity index (χ2v) is 13.7. The second-order valence-electron chi connectivity index (χ2n) is 13.7. The lowest BCUT2D eigenvalue weighted by Crippen LogP contribution is -2.45. The third-order valence-corrected chi connectivity index (χ3v) is 10.0. The first-order valence-corrected chi connectivity index (χ1v) is 18.4. The number of aromatic nitrogens is 1. The van der Waals surface area contributed by atoms with E-state index in [9.17, 15) is 19.6 Å². The van der Waals surface area contributed by atoms with E-state index in [2.05, 4.69) is 10.2 Å². The van der Waals surface area contributed by atoms with Crippen molar-refractivity contribution in [2.45, 2.75) is 32.2 Å². The average Bonchev–Trinajstić information content (AvgIpc) is 3.21. The molecule has 1 atom stereocenters. The van der Waals surface area contributed by atoms with Gasteiger partial charge in [-0.3, -0.25) is 14.4 Å². The van der Waals surface area contributed by atoms with Crippen molar-refractivity contribution in [2.75, 3.05) is 65.5 Å². The summed E-state index contributed by atoms with van der Waals surface area (Å²) in [4.78, 5) is 51.4. The van der Waals surface area contributed by atoms with Gasteiger partial charge in [-0.15, -0.1) is 0 Å². The largest absolute Gasteiger partial charge is 0.493 e. The Morgan fingerprint density at radius 1 is 0.927 bits per heavy atom. The van der Waals surface area contributed by atoms with Crippen LogP contribution in [0.15, 0.2) is 66.7 Å². The highest BCUT2D eigenvalue weighted by Crippen LogP contribution is 2.44. The van der Waals surface area contributed by atoms with Crippen molar-refractivity contribution in [3.8, 4) is 23.3 Å². The van der Waals surface area contributed by atoms with Gasteiger partial charge in [0, 0.05) is 62.4 Å². The molecule has 0 aliphatic carbocycles. The van der Waals surface area contributed by atoms with Crippen LogP contribution in [0.25, 0.3) is 17.0 Å². The first kappa shape index (κ1) is 38.6. The standard InChI is InChI=1S/C42H45FN6O6/c1-53-36-22-35-33(39(54-2)40(36)55-3)21-31-26-49(42(52)32-15-13-29(23-44)20-34(32)43)18-8-7-17-47(38(51)16-14-28-10-5-4-6-11-28)27-37(50)45-24-30-12-9-19-48(25-30)41(31)46-35/h4-6,10-11,13-16,20-22,30H,7-9,12,17-19,24-27H2,1-3H3,(H,45,50)/b16-14+. The van der Waals surface area contributed by atoms with Gasteiger partial charge in [-0.05, 0) is 67.5 Å². The SMILES string of the molecule is COc1cc2nc3c(cc2c(OC)c1OC)CN(C(=O)c1ccc(C#N)cc1F)CCCCN(C(=O)/C=C/c1ccccc1)CC(=O)NCC1CCCN3C1. The first-order chi connectivity index (χ1) is 26.7. The number of carbonyl (C=O) groups excluding carboxylic acids is 3. The van der Waals surface area contributed by atoms with Gasteiger partial charge in [0.25, 0.3) is 5.91 Å². The summed E-state index contributed by atoms with van der Waals surface area (Å²) in [7, 11) is 4.60. The molecule has 4 aromatic rings. The van der Waals surface area contributed by atoms with Crippen LogP contribution in [0.1, 0.15) is 52.7 Å². The van der Waals surface area contributed by atoms with E-state index in [1.54, 1.807) is 24.2 Å². The fourth-order valence-corrected chi connectivity index (χ4v) is 7.22. The Labute approximate surface area is 320 Å².